The Morgan fingerprint density at radius 1 is 1.06 bits per heavy atom. The van der Waals surface area contributed by atoms with Gasteiger partial charge in [-0.25, -0.2) is 8.78 Å². The van der Waals surface area contributed by atoms with E-state index in [1.165, 1.54) is 0 Å². The van der Waals surface area contributed by atoms with Crippen molar-refractivity contribution in [3.8, 4) is 5.75 Å². The summed E-state index contributed by atoms with van der Waals surface area (Å²) < 4.78 is 64.3. The van der Waals surface area contributed by atoms with Gasteiger partial charge in [0.25, 0.3) is 6.43 Å². The molecule has 0 aliphatic carbocycles. The van der Waals surface area contributed by atoms with Crippen LogP contribution in [0.1, 0.15) is 0 Å². The second kappa shape index (κ2) is 6.95. The Balaban J connectivity index is 0.00000225. The maximum atomic E-state index is 12.1. The Bertz CT molecular complexity index is 313. The van der Waals surface area contributed by atoms with Gasteiger partial charge in [0.1, 0.15) is 12.4 Å². The van der Waals surface area contributed by atoms with Crippen LogP contribution in [0.15, 0.2) is 24.3 Å². The van der Waals surface area contributed by atoms with Crippen LogP contribution in [-0.4, -0.2) is 20.0 Å². The molecule has 0 heterocycles. The van der Waals surface area contributed by atoms with E-state index >= 15 is 0 Å². The Morgan fingerprint density at radius 2 is 1.56 bits per heavy atom. The van der Waals surface area contributed by atoms with Crippen LogP contribution in [-0.2, 0) is 0 Å². The number of benzene rings is 1. The molecule has 1 aromatic carbocycles. The van der Waals surface area contributed by atoms with E-state index in [9.17, 15) is 21.7 Å². The van der Waals surface area contributed by atoms with Crippen molar-refractivity contribution in [2.24, 2.45) is 0 Å². The number of ether oxygens (including phenoxy) is 1. The van der Waals surface area contributed by atoms with Gasteiger partial charge in [0, 0.05) is 0 Å². The van der Waals surface area contributed by atoms with Crippen LogP contribution in [0.2, 0.25) is 0 Å². The van der Waals surface area contributed by atoms with E-state index in [0.29, 0.717) is 0 Å². The molecular weight excluding hydrogens is 257 g/mol. The van der Waals surface area contributed by atoms with Gasteiger partial charge in [-0.3, -0.25) is 0 Å². The Hall–Kier alpha value is 0.371. The van der Waals surface area contributed by atoms with E-state index in [1.807, 2.05) is 0 Å². The molecule has 0 atom stereocenters. The molecular formula is C8H7BF5KO. The van der Waals surface area contributed by atoms with E-state index in [4.69, 9.17) is 0 Å². The molecule has 0 unspecified atom stereocenters. The number of hydrogen-bond acceptors (Lipinski definition) is 1. The normalized spacial score (nSPS) is 11.1. The topological polar surface area (TPSA) is 9.23 Å². The molecule has 0 radical (unpaired) electrons. The van der Waals surface area contributed by atoms with Gasteiger partial charge in [-0.1, -0.05) is 12.1 Å². The van der Waals surface area contributed by atoms with Crippen molar-refractivity contribution >= 4 is 12.4 Å². The Labute approximate surface area is 132 Å². The summed E-state index contributed by atoms with van der Waals surface area (Å²) in [5.41, 5.74) is -0.778. The fourth-order valence-electron chi connectivity index (χ4n) is 0.941. The fraction of sp³-hybridized carbons (Fsp3) is 0.250. The molecule has 0 saturated heterocycles. The predicted molar refractivity (Wildman–Crippen MR) is 46.7 cm³/mol. The summed E-state index contributed by atoms with van der Waals surface area (Å²) in [5, 5.41) is 0. The quantitative estimate of drug-likeness (QED) is 0.520. The molecule has 0 aliphatic rings. The van der Waals surface area contributed by atoms with Crippen LogP contribution in [0.3, 0.4) is 0 Å². The van der Waals surface area contributed by atoms with Crippen LogP contribution < -0.4 is 61.6 Å². The van der Waals surface area contributed by atoms with Gasteiger partial charge in [0.2, 0.25) is 0 Å². The van der Waals surface area contributed by atoms with Crippen molar-refractivity contribution in [3.63, 3.8) is 0 Å². The maximum Gasteiger partial charge on any atom is 1.00 e. The average molecular weight is 264 g/mol. The number of alkyl halides is 2. The molecule has 0 amide bonds. The van der Waals surface area contributed by atoms with Crippen LogP contribution in [0, 0.1) is 0 Å². The monoisotopic (exact) mass is 264 g/mol. The maximum absolute atomic E-state index is 12.1. The van der Waals surface area contributed by atoms with E-state index < -0.39 is 25.5 Å². The van der Waals surface area contributed by atoms with Gasteiger partial charge >= 0.3 is 58.4 Å². The molecule has 8 heteroatoms. The molecule has 0 N–H and O–H groups in total. The summed E-state index contributed by atoms with van der Waals surface area (Å²) >= 11 is 0. The summed E-state index contributed by atoms with van der Waals surface area (Å²) in [5.74, 6) is -0.000833. The molecule has 0 spiro atoms. The third-order valence-corrected chi connectivity index (χ3v) is 1.63. The molecule has 0 aliphatic heterocycles. The Morgan fingerprint density at radius 3 is 1.94 bits per heavy atom. The molecule has 1 nitrogen and oxygen atoms in total. The first-order valence-electron chi connectivity index (χ1n) is 4.10. The van der Waals surface area contributed by atoms with E-state index in [0.717, 1.165) is 24.3 Å². The zero-order chi connectivity index (χ0) is 11.5. The fourth-order valence-corrected chi connectivity index (χ4v) is 0.941. The van der Waals surface area contributed by atoms with E-state index in [1.54, 1.807) is 0 Å². The van der Waals surface area contributed by atoms with Crippen LogP contribution in [0.25, 0.3) is 0 Å². The minimum atomic E-state index is -5.05. The minimum absolute atomic E-state index is 0. The van der Waals surface area contributed by atoms with Gasteiger partial charge in [-0.05, 0) is 12.1 Å². The smallest absolute Gasteiger partial charge is 0.488 e. The van der Waals surface area contributed by atoms with Crippen molar-refractivity contribution in [2.45, 2.75) is 6.43 Å². The first-order valence-corrected chi connectivity index (χ1v) is 4.10. The SMILES string of the molecule is FC(F)COc1ccc([B-](F)(F)F)cc1.[K+]. The van der Waals surface area contributed by atoms with Crippen molar-refractivity contribution in [1.29, 1.82) is 0 Å². The largest absolute Gasteiger partial charge is 1.00 e. The second-order valence-electron chi connectivity index (χ2n) is 2.85. The predicted octanol–water partition coefficient (Wildman–Crippen LogP) is -0.611. The molecule has 1 rings (SSSR count). The molecule has 84 valence electrons. The average Bonchev–Trinajstić information content (AvgIpc) is 2.14. The van der Waals surface area contributed by atoms with Gasteiger partial charge < -0.3 is 17.7 Å². The zero-order valence-corrected chi connectivity index (χ0v) is 11.6. The second-order valence-corrected chi connectivity index (χ2v) is 2.85. The van der Waals surface area contributed by atoms with Crippen molar-refractivity contribution in [2.75, 3.05) is 6.61 Å². The van der Waals surface area contributed by atoms with Crippen LogP contribution in [0.5, 0.6) is 5.75 Å². The summed E-state index contributed by atoms with van der Waals surface area (Å²) in [4.78, 5) is 0. The molecule has 0 bridgehead atoms. The summed E-state index contributed by atoms with van der Waals surface area (Å²) in [6, 6.07) is 3.65. The first-order chi connectivity index (χ1) is 6.89. The summed E-state index contributed by atoms with van der Waals surface area (Å²) in [7, 11) is 0. The van der Waals surface area contributed by atoms with Crippen molar-refractivity contribution in [3.05, 3.63) is 24.3 Å². The Kier molecular flexibility index (Phi) is 7.11. The van der Waals surface area contributed by atoms with Crippen LogP contribution in [0.4, 0.5) is 21.7 Å². The number of rotatable bonds is 4. The number of halogens is 5. The standard InChI is InChI=1S/C8H7BF5O.K/c10-8(11)5-15-7-3-1-6(2-4-7)9(12,13)14;/h1-4,8H,5H2;/q-1;+1. The molecule has 1 aromatic rings. The molecule has 16 heavy (non-hydrogen) atoms. The zero-order valence-electron chi connectivity index (χ0n) is 8.47. The first kappa shape index (κ1) is 16.4. The molecule has 0 saturated carbocycles. The van der Waals surface area contributed by atoms with E-state index in [2.05, 4.69) is 4.74 Å². The third kappa shape index (κ3) is 5.63. The third-order valence-electron chi connectivity index (χ3n) is 1.63. The summed E-state index contributed by atoms with van der Waals surface area (Å²) in [6.45, 7) is -5.87. The van der Waals surface area contributed by atoms with E-state index in [-0.39, 0.29) is 57.1 Å². The summed E-state index contributed by atoms with van der Waals surface area (Å²) in [6.07, 6.45) is -2.64. The van der Waals surface area contributed by atoms with Crippen LogP contribution >= 0.6 is 0 Å². The van der Waals surface area contributed by atoms with Gasteiger partial charge in [0.15, 0.2) is 0 Å². The van der Waals surface area contributed by atoms with Gasteiger partial charge in [0.05, 0.1) is 0 Å². The van der Waals surface area contributed by atoms with Gasteiger partial charge in [-0.15, -0.1) is 5.46 Å². The molecule has 0 fully saturated rings. The number of hydrogen-bond donors (Lipinski definition) is 0. The van der Waals surface area contributed by atoms with Crippen molar-refractivity contribution < 1.29 is 77.8 Å². The molecule has 0 aromatic heterocycles. The minimum Gasteiger partial charge on any atom is -0.488 e. The van der Waals surface area contributed by atoms with Crippen molar-refractivity contribution in [1.82, 2.24) is 0 Å². The van der Waals surface area contributed by atoms with Gasteiger partial charge in [-0.2, -0.15) is 0 Å².